The average Bonchev–Trinajstić information content (AvgIpc) is 2.87. The minimum atomic E-state index is -4.14. The van der Waals surface area contributed by atoms with Crippen molar-refractivity contribution in [3.05, 3.63) is 42.2 Å². The zero-order chi connectivity index (χ0) is 16.3. The van der Waals surface area contributed by atoms with Crippen LogP contribution in [0.15, 0.2) is 41.5 Å². The number of hydrogen-bond donors (Lipinski definition) is 0. The number of fused-ring (bicyclic) bond motifs is 1. The molecule has 1 saturated heterocycles. The van der Waals surface area contributed by atoms with E-state index in [-0.39, 0.29) is 4.90 Å². The number of nitrogens with zero attached hydrogens (tertiary/aromatic N) is 1. The van der Waals surface area contributed by atoms with Gasteiger partial charge in [0.15, 0.2) is 0 Å². The normalized spacial score (nSPS) is 29.5. The SMILES string of the molecule is Cc1ccc(S(=O)(=O)N2C(=O)C(Cl)(Cl)[C@H]3C=CO[C@]32C)cc1. The first-order valence-corrected chi connectivity index (χ1v) is 8.70. The molecule has 2 aliphatic heterocycles. The van der Waals surface area contributed by atoms with Gasteiger partial charge < -0.3 is 4.74 Å². The number of rotatable bonds is 2. The molecule has 0 unspecified atom stereocenters. The van der Waals surface area contributed by atoms with Gasteiger partial charge in [0.2, 0.25) is 10.1 Å². The predicted molar refractivity (Wildman–Crippen MR) is 81.8 cm³/mol. The second-order valence-electron chi connectivity index (χ2n) is 5.49. The van der Waals surface area contributed by atoms with Crippen molar-refractivity contribution in [1.82, 2.24) is 4.31 Å². The Morgan fingerprint density at radius 3 is 2.41 bits per heavy atom. The summed E-state index contributed by atoms with van der Waals surface area (Å²) in [5.74, 6) is -1.69. The Hall–Kier alpha value is -1.24. The third-order valence-electron chi connectivity index (χ3n) is 3.98. The third-order valence-corrected chi connectivity index (χ3v) is 6.65. The Kier molecular flexibility index (Phi) is 3.29. The van der Waals surface area contributed by atoms with Crippen molar-refractivity contribution < 1.29 is 17.9 Å². The lowest BCUT2D eigenvalue weighted by Crippen LogP contribution is -2.49. The first-order valence-electron chi connectivity index (χ1n) is 6.50. The minimum absolute atomic E-state index is 0.0204. The van der Waals surface area contributed by atoms with Gasteiger partial charge in [-0.25, -0.2) is 8.42 Å². The van der Waals surface area contributed by atoms with Gasteiger partial charge in [-0.1, -0.05) is 40.9 Å². The summed E-state index contributed by atoms with van der Waals surface area (Å²) in [7, 11) is -4.14. The smallest absolute Gasteiger partial charge is 0.276 e. The summed E-state index contributed by atoms with van der Waals surface area (Å²) in [6.45, 7) is 3.31. The standard InChI is InChI=1S/C14H13Cl2NO4S/c1-9-3-5-10(6-4-9)22(19,20)17-12(18)14(15,16)11-7-8-21-13(11,17)2/h3-8,11H,1-2H3/t11-,13+/m0/s1. The van der Waals surface area contributed by atoms with Crippen LogP contribution in [0.4, 0.5) is 0 Å². The monoisotopic (exact) mass is 361 g/mol. The van der Waals surface area contributed by atoms with E-state index in [0.717, 1.165) is 5.56 Å². The Balaban J connectivity index is 2.15. The summed E-state index contributed by atoms with van der Waals surface area (Å²) in [6.07, 6.45) is 2.82. The Bertz CT molecular complexity index is 773. The average molecular weight is 362 g/mol. The van der Waals surface area contributed by atoms with E-state index in [1.54, 1.807) is 12.1 Å². The first kappa shape index (κ1) is 15.6. The van der Waals surface area contributed by atoms with Crippen molar-refractivity contribution in [2.45, 2.75) is 28.8 Å². The summed E-state index contributed by atoms with van der Waals surface area (Å²) in [4.78, 5) is 12.5. The largest absolute Gasteiger partial charge is 0.474 e. The van der Waals surface area contributed by atoms with E-state index in [0.29, 0.717) is 4.31 Å². The fourth-order valence-electron chi connectivity index (χ4n) is 2.77. The van der Waals surface area contributed by atoms with Crippen LogP contribution in [0.5, 0.6) is 0 Å². The molecule has 3 rings (SSSR count). The van der Waals surface area contributed by atoms with Gasteiger partial charge in [0, 0.05) is 0 Å². The zero-order valence-electron chi connectivity index (χ0n) is 11.8. The van der Waals surface area contributed by atoms with Gasteiger partial charge in [-0.3, -0.25) is 4.79 Å². The van der Waals surface area contributed by atoms with E-state index >= 15 is 0 Å². The highest BCUT2D eigenvalue weighted by molar-refractivity contribution is 7.89. The minimum Gasteiger partial charge on any atom is -0.474 e. The third kappa shape index (κ3) is 1.90. The number of carbonyl (C=O) groups excluding carboxylic acids is 1. The van der Waals surface area contributed by atoms with Crippen LogP contribution in [0.1, 0.15) is 12.5 Å². The highest BCUT2D eigenvalue weighted by Gasteiger charge is 2.69. The number of benzene rings is 1. The summed E-state index contributed by atoms with van der Waals surface area (Å²) < 4.78 is 29.9. The van der Waals surface area contributed by atoms with Crippen LogP contribution >= 0.6 is 23.2 Å². The maximum absolute atomic E-state index is 12.9. The molecule has 1 aromatic carbocycles. The van der Waals surface area contributed by atoms with E-state index in [1.165, 1.54) is 31.4 Å². The Morgan fingerprint density at radius 2 is 1.82 bits per heavy atom. The molecule has 8 heteroatoms. The van der Waals surface area contributed by atoms with E-state index in [1.807, 2.05) is 6.92 Å². The number of sulfonamides is 1. The lowest BCUT2D eigenvalue weighted by Gasteiger charge is -2.32. The number of ether oxygens (including phenoxy) is 1. The van der Waals surface area contributed by atoms with Crippen LogP contribution in [0.25, 0.3) is 0 Å². The van der Waals surface area contributed by atoms with Crippen LogP contribution in [-0.2, 0) is 19.6 Å². The maximum atomic E-state index is 12.9. The molecule has 1 aromatic rings. The van der Waals surface area contributed by atoms with Gasteiger partial charge in [-0.2, -0.15) is 4.31 Å². The molecule has 118 valence electrons. The van der Waals surface area contributed by atoms with Gasteiger partial charge in [0.1, 0.15) is 0 Å². The van der Waals surface area contributed by atoms with Gasteiger partial charge in [-0.05, 0) is 32.1 Å². The van der Waals surface area contributed by atoms with Crippen LogP contribution in [-0.4, -0.2) is 28.7 Å². The highest BCUT2D eigenvalue weighted by atomic mass is 35.5. The van der Waals surface area contributed by atoms with E-state index in [9.17, 15) is 13.2 Å². The Morgan fingerprint density at radius 1 is 1.23 bits per heavy atom. The van der Waals surface area contributed by atoms with Crippen molar-refractivity contribution in [3.8, 4) is 0 Å². The molecule has 2 atom stereocenters. The predicted octanol–water partition coefficient (Wildman–Crippen LogP) is 2.58. The fraction of sp³-hybridized carbons (Fsp3) is 0.357. The van der Waals surface area contributed by atoms with E-state index in [4.69, 9.17) is 27.9 Å². The van der Waals surface area contributed by atoms with Gasteiger partial charge in [0.25, 0.3) is 15.9 Å². The second kappa shape index (κ2) is 4.63. The van der Waals surface area contributed by atoms with Crippen molar-refractivity contribution >= 4 is 39.1 Å². The molecular formula is C14H13Cl2NO4S. The van der Waals surface area contributed by atoms with Gasteiger partial charge in [-0.15, -0.1) is 0 Å². The molecule has 0 radical (unpaired) electrons. The number of aryl methyl sites for hydroxylation is 1. The number of carbonyl (C=O) groups is 1. The molecular weight excluding hydrogens is 349 g/mol. The quantitative estimate of drug-likeness (QED) is 0.759. The zero-order valence-corrected chi connectivity index (χ0v) is 14.1. The molecule has 1 fully saturated rings. The first-order chi connectivity index (χ1) is 10.1. The molecule has 0 aromatic heterocycles. The van der Waals surface area contributed by atoms with Gasteiger partial charge >= 0.3 is 0 Å². The highest BCUT2D eigenvalue weighted by Crippen LogP contribution is 2.54. The van der Waals surface area contributed by atoms with Crippen LogP contribution in [0.2, 0.25) is 0 Å². The van der Waals surface area contributed by atoms with Crippen molar-refractivity contribution in [2.24, 2.45) is 5.92 Å². The summed E-state index contributed by atoms with van der Waals surface area (Å²) in [5, 5.41) is 0. The molecule has 22 heavy (non-hydrogen) atoms. The number of halogens is 2. The molecule has 0 N–H and O–H groups in total. The van der Waals surface area contributed by atoms with Crippen molar-refractivity contribution in [1.29, 1.82) is 0 Å². The van der Waals surface area contributed by atoms with E-state index < -0.39 is 31.9 Å². The maximum Gasteiger partial charge on any atom is 0.276 e. The topological polar surface area (TPSA) is 63.7 Å². The Labute approximate surface area is 138 Å². The van der Waals surface area contributed by atoms with Crippen LogP contribution < -0.4 is 0 Å². The number of alkyl halides is 2. The summed E-state index contributed by atoms with van der Waals surface area (Å²) >= 11 is 12.2. The lowest BCUT2D eigenvalue weighted by atomic mass is 9.99. The lowest BCUT2D eigenvalue weighted by molar-refractivity contribution is -0.132. The number of hydrogen-bond acceptors (Lipinski definition) is 4. The van der Waals surface area contributed by atoms with Crippen molar-refractivity contribution in [3.63, 3.8) is 0 Å². The fourth-order valence-corrected chi connectivity index (χ4v) is 5.28. The van der Waals surface area contributed by atoms with Crippen LogP contribution in [0, 0.1) is 12.8 Å². The van der Waals surface area contributed by atoms with Crippen LogP contribution in [0.3, 0.4) is 0 Å². The molecule has 0 saturated carbocycles. The molecule has 5 nitrogen and oxygen atoms in total. The molecule has 2 heterocycles. The molecule has 0 aliphatic carbocycles. The second-order valence-corrected chi connectivity index (χ2v) is 8.66. The summed E-state index contributed by atoms with van der Waals surface area (Å²) in [5.41, 5.74) is -0.566. The molecule has 1 amide bonds. The van der Waals surface area contributed by atoms with Crippen molar-refractivity contribution in [2.75, 3.05) is 0 Å². The molecule has 2 aliphatic rings. The molecule has 0 bridgehead atoms. The van der Waals surface area contributed by atoms with Gasteiger partial charge in [0.05, 0.1) is 17.1 Å². The van der Waals surface area contributed by atoms with E-state index in [2.05, 4.69) is 0 Å². The summed E-state index contributed by atoms with van der Waals surface area (Å²) in [6, 6.07) is 6.16. The number of amides is 1. The molecule has 0 spiro atoms.